The summed E-state index contributed by atoms with van der Waals surface area (Å²) in [7, 11) is 0. The number of phenolic OH excluding ortho intramolecular Hbond substituents is 1. The third-order valence-electron chi connectivity index (χ3n) is 1.55. The van der Waals surface area contributed by atoms with Gasteiger partial charge in [-0.1, -0.05) is 11.6 Å². The molecular weight excluding hydrogens is 180 g/mol. The molecule has 0 saturated heterocycles. The van der Waals surface area contributed by atoms with Crippen molar-refractivity contribution < 1.29 is 5.11 Å². The summed E-state index contributed by atoms with van der Waals surface area (Å²) in [6.07, 6.45) is 0. The number of thiophene rings is 1. The average molecular weight is 185 g/mol. The first-order chi connectivity index (χ1) is 5.29. The predicted molar refractivity (Wildman–Crippen MR) is 48.5 cm³/mol. The van der Waals surface area contributed by atoms with Gasteiger partial charge in [0.05, 0.1) is 5.02 Å². The minimum atomic E-state index is 0.151. The molecule has 11 heavy (non-hydrogen) atoms. The summed E-state index contributed by atoms with van der Waals surface area (Å²) >= 11 is 7.44. The maximum atomic E-state index is 9.21. The Morgan fingerprint density at radius 3 is 2.91 bits per heavy atom. The molecule has 0 spiro atoms. The molecule has 3 heteroatoms. The molecule has 1 aromatic carbocycles. The van der Waals surface area contributed by atoms with Gasteiger partial charge in [-0.05, 0) is 23.6 Å². The quantitative estimate of drug-likeness (QED) is 0.667. The summed E-state index contributed by atoms with van der Waals surface area (Å²) in [6.45, 7) is 0. The molecule has 0 radical (unpaired) electrons. The standard InChI is InChI=1S/C8H5ClOS/c9-8-5-3-4-11-7(5)2-1-6(8)10/h1-4,10H. The van der Waals surface area contributed by atoms with E-state index in [1.165, 1.54) is 0 Å². The molecule has 0 unspecified atom stereocenters. The fourth-order valence-electron chi connectivity index (χ4n) is 0.997. The Kier molecular flexibility index (Phi) is 1.51. The van der Waals surface area contributed by atoms with Crippen LogP contribution < -0.4 is 0 Å². The van der Waals surface area contributed by atoms with Gasteiger partial charge in [-0.25, -0.2) is 0 Å². The Morgan fingerprint density at radius 2 is 2.09 bits per heavy atom. The van der Waals surface area contributed by atoms with Crippen molar-refractivity contribution in [3.8, 4) is 5.75 Å². The molecule has 0 fully saturated rings. The van der Waals surface area contributed by atoms with Crippen LogP contribution in [0.25, 0.3) is 10.1 Å². The molecule has 0 bridgehead atoms. The van der Waals surface area contributed by atoms with Gasteiger partial charge in [-0.3, -0.25) is 0 Å². The lowest BCUT2D eigenvalue weighted by Crippen LogP contribution is -1.67. The molecule has 1 aromatic heterocycles. The van der Waals surface area contributed by atoms with Gasteiger partial charge >= 0.3 is 0 Å². The maximum absolute atomic E-state index is 9.21. The van der Waals surface area contributed by atoms with Gasteiger partial charge in [0.25, 0.3) is 0 Å². The van der Waals surface area contributed by atoms with Gasteiger partial charge in [0, 0.05) is 10.1 Å². The fourth-order valence-corrected chi connectivity index (χ4v) is 2.08. The topological polar surface area (TPSA) is 20.2 Å². The summed E-state index contributed by atoms with van der Waals surface area (Å²) in [5, 5.41) is 12.5. The number of fused-ring (bicyclic) bond motifs is 1. The van der Waals surface area contributed by atoms with Crippen molar-refractivity contribution in [2.45, 2.75) is 0 Å². The molecule has 0 aliphatic heterocycles. The SMILES string of the molecule is Oc1ccc2sccc2c1Cl. The van der Waals surface area contributed by atoms with E-state index in [2.05, 4.69) is 0 Å². The number of rotatable bonds is 0. The second kappa shape index (κ2) is 2.40. The van der Waals surface area contributed by atoms with E-state index in [1.54, 1.807) is 17.4 Å². The van der Waals surface area contributed by atoms with Crippen LogP contribution in [0.15, 0.2) is 23.6 Å². The van der Waals surface area contributed by atoms with E-state index in [4.69, 9.17) is 11.6 Å². The zero-order chi connectivity index (χ0) is 7.84. The Bertz CT molecular complexity index is 394. The van der Waals surface area contributed by atoms with E-state index < -0.39 is 0 Å². The lowest BCUT2D eigenvalue weighted by atomic mass is 10.2. The highest BCUT2D eigenvalue weighted by Gasteiger charge is 2.03. The number of aromatic hydroxyl groups is 1. The largest absolute Gasteiger partial charge is 0.506 e. The molecule has 2 rings (SSSR count). The number of benzene rings is 1. The molecular formula is C8H5ClOS. The predicted octanol–water partition coefficient (Wildman–Crippen LogP) is 3.26. The normalized spacial score (nSPS) is 10.6. The highest BCUT2D eigenvalue weighted by atomic mass is 35.5. The molecule has 0 atom stereocenters. The van der Waals surface area contributed by atoms with Crippen molar-refractivity contribution >= 4 is 33.0 Å². The second-order valence-corrected chi connectivity index (χ2v) is 3.56. The van der Waals surface area contributed by atoms with Crippen LogP contribution in [0.5, 0.6) is 5.75 Å². The van der Waals surface area contributed by atoms with Crippen LogP contribution in [0.3, 0.4) is 0 Å². The molecule has 0 amide bonds. The zero-order valence-corrected chi connectivity index (χ0v) is 7.12. The smallest absolute Gasteiger partial charge is 0.134 e. The van der Waals surface area contributed by atoms with E-state index in [0.717, 1.165) is 10.1 Å². The van der Waals surface area contributed by atoms with E-state index in [1.807, 2.05) is 17.5 Å². The fraction of sp³-hybridized carbons (Fsp3) is 0. The number of hydrogen-bond acceptors (Lipinski definition) is 2. The van der Waals surface area contributed by atoms with Crippen LogP contribution in [0, 0.1) is 0 Å². The Balaban J connectivity index is 2.93. The molecule has 0 aliphatic carbocycles. The van der Waals surface area contributed by atoms with Crippen LogP contribution in [0.1, 0.15) is 0 Å². The van der Waals surface area contributed by atoms with Crippen molar-refractivity contribution in [1.82, 2.24) is 0 Å². The maximum Gasteiger partial charge on any atom is 0.134 e. The van der Waals surface area contributed by atoms with E-state index in [0.29, 0.717) is 5.02 Å². The van der Waals surface area contributed by atoms with Crippen LogP contribution in [0.2, 0.25) is 5.02 Å². The van der Waals surface area contributed by atoms with Crippen LogP contribution in [0.4, 0.5) is 0 Å². The lowest BCUT2D eigenvalue weighted by Gasteiger charge is -1.95. The molecule has 2 aromatic rings. The molecule has 1 heterocycles. The van der Waals surface area contributed by atoms with Gasteiger partial charge in [0.15, 0.2) is 0 Å². The summed E-state index contributed by atoms with van der Waals surface area (Å²) in [5.74, 6) is 0.151. The summed E-state index contributed by atoms with van der Waals surface area (Å²) < 4.78 is 1.10. The highest BCUT2D eigenvalue weighted by Crippen LogP contribution is 2.34. The van der Waals surface area contributed by atoms with Gasteiger partial charge in [0.2, 0.25) is 0 Å². The number of phenols is 1. The van der Waals surface area contributed by atoms with Gasteiger partial charge < -0.3 is 5.11 Å². The van der Waals surface area contributed by atoms with Crippen molar-refractivity contribution in [3.05, 3.63) is 28.6 Å². The van der Waals surface area contributed by atoms with Gasteiger partial charge in [-0.15, -0.1) is 11.3 Å². The van der Waals surface area contributed by atoms with E-state index in [-0.39, 0.29) is 5.75 Å². The zero-order valence-electron chi connectivity index (χ0n) is 5.54. The first-order valence-corrected chi connectivity index (χ1v) is 4.39. The minimum Gasteiger partial charge on any atom is -0.506 e. The van der Waals surface area contributed by atoms with Gasteiger partial charge in [0.1, 0.15) is 5.75 Å². The molecule has 1 N–H and O–H groups in total. The minimum absolute atomic E-state index is 0.151. The molecule has 1 nitrogen and oxygen atoms in total. The monoisotopic (exact) mass is 184 g/mol. The average Bonchev–Trinajstić information content (AvgIpc) is 2.45. The van der Waals surface area contributed by atoms with E-state index in [9.17, 15) is 5.11 Å². The van der Waals surface area contributed by atoms with E-state index >= 15 is 0 Å². The van der Waals surface area contributed by atoms with Crippen molar-refractivity contribution in [1.29, 1.82) is 0 Å². The number of hydrogen-bond donors (Lipinski definition) is 1. The Labute approximate surface area is 72.9 Å². The second-order valence-electron chi connectivity index (χ2n) is 2.23. The molecule has 56 valence electrons. The third-order valence-corrected chi connectivity index (χ3v) is 2.83. The third kappa shape index (κ3) is 0.988. The molecule has 0 saturated carbocycles. The first kappa shape index (κ1) is 6.95. The highest BCUT2D eigenvalue weighted by molar-refractivity contribution is 7.17. The summed E-state index contributed by atoms with van der Waals surface area (Å²) in [5.41, 5.74) is 0. The Morgan fingerprint density at radius 1 is 1.27 bits per heavy atom. The van der Waals surface area contributed by atoms with Crippen LogP contribution in [-0.4, -0.2) is 5.11 Å². The van der Waals surface area contributed by atoms with Crippen LogP contribution in [-0.2, 0) is 0 Å². The summed E-state index contributed by atoms with van der Waals surface area (Å²) in [4.78, 5) is 0. The molecule has 0 aliphatic rings. The van der Waals surface area contributed by atoms with Crippen molar-refractivity contribution in [2.24, 2.45) is 0 Å². The first-order valence-electron chi connectivity index (χ1n) is 3.14. The Hall–Kier alpha value is -0.730. The summed E-state index contributed by atoms with van der Waals surface area (Å²) in [6, 6.07) is 5.38. The lowest BCUT2D eigenvalue weighted by molar-refractivity contribution is 0.476. The van der Waals surface area contributed by atoms with Crippen molar-refractivity contribution in [3.63, 3.8) is 0 Å². The number of halogens is 1. The van der Waals surface area contributed by atoms with Crippen molar-refractivity contribution in [2.75, 3.05) is 0 Å². The van der Waals surface area contributed by atoms with Crippen LogP contribution >= 0.6 is 22.9 Å². The van der Waals surface area contributed by atoms with Gasteiger partial charge in [-0.2, -0.15) is 0 Å².